The SMILES string of the molecule is CC1(C)CCC(NC(=O)c2cccc(I)c2)C1. The van der Waals surface area contributed by atoms with Crippen molar-refractivity contribution in [3.8, 4) is 0 Å². The number of halogens is 1. The van der Waals surface area contributed by atoms with Crippen LogP contribution >= 0.6 is 22.6 Å². The van der Waals surface area contributed by atoms with Crippen molar-refractivity contribution in [1.82, 2.24) is 5.32 Å². The smallest absolute Gasteiger partial charge is 0.251 e. The maximum atomic E-state index is 12.0. The Hall–Kier alpha value is -0.580. The van der Waals surface area contributed by atoms with Gasteiger partial charge >= 0.3 is 0 Å². The van der Waals surface area contributed by atoms with Gasteiger partial charge in [-0.1, -0.05) is 19.9 Å². The molecule has 92 valence electrons. The Morgan fingerprint density at radius 3 is 2.82 bits per heavy atom. The van der Waals surface area contributed by atoms with Crippen LogP contribution in [-0.4, -0.2) is 11.9 Å². The third-order valence-corrected chi connectivity index (χ3v) is 4.06. The number of nitrogens with one attached hydrogen (secondary N) is 1. The van der Waals surface area contributed by atoms with Crippen molar-refractivity contribution in [2.45, 2.75) is 39.2 Å². The predicted octanol–water partition coefficient (Wildman–Crippen LogP) is 3.60. The second kappa shape index (κ2) is 4.96. The predicted molar refractivity (Wildman–Crippen MR) is 78.0 cm³/mol. The molecular formula is C14H18INO. The first-order valence-corrected chi connectivity index (χ1v) is 7.11. The van der Waals surface area contributed by atoms with Gasteiger partial charge in [-0.05, 0) is 65.5 Å². The van der Waals surface area contributed by atoms with E-state index >= 15 is 0 Å². The van der Waals surface area contributed by atoms with E-state index in [1.54, 1.807) is 0 Å². The van der Waals surface area contributed by atoms with Gasteiger partial charge in [0.05, 0.1) is 0 Å². The minimum atomic E-state index is 0.0613. The minimum absolute atomic E-state index is 0.0613. The number of carbonyl (C=O) groups is 1. The van der Waals surface area contributed by atoms with Gasteiger partial charge in [-0.15, -0.1) is 0 Å². The van der Waals surface area contributed by atoms with E-state index in [2.05, 4.69) is 41.8 Å². The van der Waals surface area contributed by atoms with Crippen molar-refractivity contribution in [2.24, 2.45) is 5.41 Å². The van der Waals surface area contributed by atoms with Crippen LogP contribution in [0.25, 0.3) is 0 Å². The standard InChI is InChI=1S/C14H18INO/c1-14(2)7-6-12(9-14)16-13(17)10-4-3-5-11(15)8-10/h3-5,8,12H,6-7,9H2,1-2H3,(H,16,17). The molecule has 0 heterocycles. The molecule has 3 heteroatoms. The fourth-order valence-corrected chi connectivity index (χ4v) is 3.00. The fourth-order valence-electron chi connectivity index (χ4n) is 2.46. The van der Waals surface area contributed by atoms with Crippen LogP contribution in [0.5, 0.6) is 0 Å². The maximum Gasteiger partial charge on any atom is 0.251 e. The van der Waals surface area contributed by atoms with Gasteiger partial charge in [0.1, 0.15) is 0 Å². The largest absolute Gasteiger partial charge is 0.349 e. The Morgan fingerprint density at radius 1 is 1.47 bits per heavy atom. The summed E-state index contributed by atoms with van der Waals surface area (Å²) in [6.45, 7) is 4.54. The van der Waals surface area contributed by atoms with E-state index < -0.39 is 0 Å². The van der Waals surface area contributed by atoms with Gasteiger partial charge in [0, 0.05) is 15.2 Å². The Kier molecular flexibility index (Phi) is 3.76. The summed E-state index contributed by atoms with van der Waals surface area (Å²) in [5.41, 5.74) is 1.14. The Balaban J connectivity index is 1.98. The molecule has 0 saturated heterocycles. The van der Waals surface area contributed by atoms with Crippen molar-refractivity contribution < 1.29 is 4.79 Å². The van der Waals surface area contributed by atoms with Gasteiger partial charge in [-0.25, -0.2) is 0 Å². The summed E-state index contributed by atoms with van der Waals surface area (Å²) in [5.74, 6) is 0.0613. The number of rotatable bonds is 2. The van der Waals surface area contributed by atoms with E-state index in [4.69, 9.17) is 0 Å². The molecule has 1 atom stereocenters. The molecule has 0 aromatic heterocycles. The lowest BCUT2D eigenvalue weighted by atomic mass is 9.92. The summed E-state index contributed by atoms with van der Waals surface area (Å²) >= 11 is 2.23. The third-order valence-electron chi connectivity index (χ3n) is 3.39. The summed E-state index contributed by atoms with van der Waals surface area (Å²) in [6.07, 6.45) is 3.38. The van der Waals surface area contributed by atoms with Gasteiger partial charge in [0.2, 0.25) is 0 Å². The second-order valence-electron chi connectivity index (χ2n) is 5.59. The van der Waals surface area contributed by atoms with Crippen molar-refractivity contribution in [1.29, 1.82) is 0 Å². The highest BCUT2D eigenvalue weighted by atomic mass is 127. The lowest BCUT2D eigenvalue weighted by molar-refractivity contribution is 0.0936. The maximum absolute atomic E-state index is 12.0. The fraction of sp³-hybridized carbons (Fsp3) is 0.500. The molecule has 0 spiro atoms. The zero-order valence-electron chi connectivity index (χ0n) is 10.3. The molecule has 1 saturated carbocycles. The monoisotopic (exact) mass is 343 g/mol. The number of carbonyl (C=O) groups excluding carboxylic acids is 1. The molecule has 1 fully saturated rings. The Labute approximate surface area is 116 Å². The lowest BCUT2D eigenvalue weighted by Crippen LogP contribution is -2.33. The normalized spacial score (nSPS) is 22.4. The lowest BCUT2D eigenvalue weighted by Gasteiger charge is -2.17. The molecule has 1 aliphatic rings. The van der Waals surface area contributed by atoms with E-state index in [-0.39, 0.29) is 5.91 Å². The van der Waals surface area contributed by atoms with Gasteiger partial charge in [0.25, 0.3) is 5.91 Å². The van der Waals surface area contributed by atoms with Gasteiger partial charge in [-0.3, -0.25) is 4.79 Å². The van der Waals surface area contributed by atoms with Crippen LogP contribution in [0.15, 0.2) is 24.3 Å². The first kappa shape index (κ1) is 12.9. The van der Waals surface area contributed by atoms with E-state index in [0.29, 0.717) is 11.5 Å². The van der Waals surface area contributed by atoms with Crippen LogP contribution in [0.1, 0.15) is 43.5 Å². The number of hydrogen-bond acceptors (Lipinski definition) is 1. The molecule has 0 bridgehead atoms. The molecular weight excluding hydrogens is 325 g/mol. The van der Waals surface area contributed by atoms with Crippen LogP contribution < -0.4 is 5.32 Å². The van der Waals surface area contributed by atoms with Gasteiger partial charge in [-0.2, -0.15) is 0 Å². The van der Waals surface area contributed by atoms with Gasteiger partial charge in [0.15, 0.2) is 0 Å². The van der Waals surface area contributed by atoms with E-state index in [9.17, 15) is 4.79 Å². The second-order valence-corrected chi connectivity index (χ2v) is 6.83. The molecule has 1 amide bonds. The quantitative estimate of drug-likeness (QED) is 0.817. The van der Waals surface area contributed by atoms with E-state index in [0.717, 1.165) is 22.0 Å². The third kappa shape index (κ3) is 3.44. The van der Waals surface area contributed by atoms with E-state index in [1.807, 2.05) is 24.3 Å². The molecule has 0 aliphatic heterocycles. The highest BCUT2D eigenvalue weighted by Crippen LogP contribution is 2.36. The summed E-state index contributed by atoms with van der Waals surface area (Å²) in [4.78, 5) is 12.0. The Bertz CT molecular complexity index is 428. The first-order chi connectivity index (χ1) is 7.96. The number of hydrogen-bond donors (Lipinski definition) is 1. The molecule has 1 N–H and O–H groups in total. The van der Waals surface area contributed by atoms with Crippen molar-refractivity contribution in [2.75, 3.05) is 0 Å². The van der Waals surface area contributed by atoms with E-state index in [1.165, 1.54) is 6.42 Å². The molecule has 1 unspecified atom stereocenters. The molecule has 1 aromatic rings. The first-order valence-electron chi connectivity index (χ1n) is 6.03. The van der Waals surface area contributed by atoms with Crippen molar-refractivity contribution in [3.63, 3.8) is 0 Å². The van der Waals surface area contributed by atoms with Crippen LogP contribution in [0.2, 0.25) is 0 Å². The summed E-state index contributed by atoms with van der Waals surface area (Å²) in [5, 5.41) is 3.14. The molecule has 2 nitrogen and oxygen atoms in total. The van der Waals surface area contributed by atoms with Crippen LogP contribution in [-0.2, 0) is 0 Å². The summed E-state index contributed by atoms with van der Waals surface area (Å²) in [6, 6.07) is 8.06. The zero-order valence-corrected chi connectivity index (χ0v) is 12.5. The Morgan fingerprint density at radius 2 is 2.24 bits per heavy atom. The minimum Gasteiger partial charge on any atom is -0.349 e. The highest BCUT2D eigenvalue weighted by molar-refractivity contribution is 14.1. The summed E-state index contributed by atoms with van der Waals surface area (Å²) in [7, 11) is 0. The van der Waals surface area contributed by atoms with Crippen LogP contribution in [0.4, 0.5) is 0 Å². The number of amides is 1. The number of benzene rings is 1. The van der Waals surface area contributed by atoms with Crippen molar-refractivity contribution in [3.05, 3.63) is 33.4 Å². The molecule has 1 aromatic carbocycles. The van der Waals surface area contributed by atoms with Gasteiger partial charge < -0.3 is 5.32 Å². The molecule has 17 heavy (non-hydrogen) atoms. The van der Waals surface area contributed by atoms with Crippen LogP contribution in [0.3, 0.4) is 0 Å². The van der Waals surface area contributed by atoms with Crippen LogP contribution in [0, 0.1) is 8.99 Å². The molecule has 2 rings (SSSR count). The molecule has 0 radical (unpaired) electrons. The average molecular weight is 343 g/mol. The molecule has 1 aliphatic carbocycles. The topological polar surface area (TPSA) is 29.1 Å². The van der Waals surface area contributed by atoms with Crippen molar-refractivity contribution >= 4 is 28.5 Å². The average Bonchev–Trinajstić information content (AvgIpc) is 2.58. The summed E-state index contributed by atoms with van der Waals surface area (Å²) < 4.78 is 1.10. The highest BCUT2D eigenvalue weighted by Gasteiger charge is 2.31. The zero-order chi connectivity index (χ0) is 12.5.